The highest BCUT2D eigenvalue weighted by Crippen LogP contribution is 2.44. The topological polar surface area (TPSA) is 85.3 Å². The van der Waals surface area contributed by atoms with Gasteiger partial charge in [0.15, 0.2) is 11.5 Å². The van der Waals surface area contributed by atoms with Crippen molar-refractivity contribution in [2.24, 2.45) is 0 Å². The van der Waals surface area contributed by atoms with E-state index in [0.717, 1.165) is 11.1 Å². The summed E-state index contributed by atoms with van der Waals surface area (Å²) in [5, 5.41) is 11.3. The summed E-state index contributed by atoms with van der Waals surface area (Å²) >= 11 is 0. The Morgan fingerprint density at radius 3 is 2.44 bits per heavy atom. The predicted octanol–water partition coefficient (Wildman–Crippen LogP) is 4.67. The van der Waals surface area contributed by atoms with Crippen LogP contribution < -0.4 is 19.1 Å². The first-order valence-corrected chi connectivity index (χ1v) is 10.8. The highest BCUT2D eigenvalue weighted by molar-refractivity contribution is 6.51. The third-order valence-corrected chi connectivity index (χ3v) is 6.15. The van der Waals surface area contributed by atoms with Crippen LogP contribution in [0.1, 0.15) is 28.3 Å². The number of nitrogens with zero attached hydrogens (tertiary/aromatic N) is 1. The van der Waals surface area contributed by atoms with E-state index < -0.39 is 17.7 Å². The number of anilines is 1. The molecular formula is C27H23NO6. The van der Waals surface area contributed by atoms with Gasteiger partial charge in [0.2, 0.25) is 6.79 Å². The Hall–Kier alpha value is -4.26. The number of ether oxygens (including phenoxy) is 3. The number of methoxy groups -OCH3 is 1. The van der Waals surface area contributed by atoms with Gasteiger partial charge in [-0.05, 0) is 66.9 Å². The molecule has 7 heteroatoms. The van der Waals surface area contributed by atoms with Gasteiger partial charge >= 0.3 is 0 Å². The van der Waals surface area contributed by atoms with Crippen LogP contribution in [0.25, 0.3) is 5.76 Å². The molecule has 0 aliphatic carbocycles. The highest BCUT2D eigenvalue weighted by atomic mass is 16.7. The molecule has 1 N–H and O–H groups in total. The number of benzene rings is 3. The maximum atomic E-state index is 13.4. The first kappa shape index (κ1) is 21.6. The van der Waals surface area contributed by atoms with Gasteiger partial charge in [-0.15, -0.1) is 0 Å². The number of hydrogen-bond acceptors (Lipinski definition) is 6. The van der Waals surface area contributed by atoms with E-state index in [1.54, 1.807) is 49.6 Å². The Bertz CT molecular complexity index is 1340. The summed E-state index contributed by atoms with van der Waals surface area (Å²) in [6.07, 6.45) is 0. The second-order valence-electron chi connectivity index (χ2n) is 8.30. The van der Waals surface area contributed by atoms with Crippen molar-refractivity contribution in [3.63, 3.8) is 0 Å². The third kappa shape index (κ3) is 3.46. The molecule has 0 bridgehead atoms. The van der Waals surface area contributed by atoms with E-state index >= 15 is 0 Å². The lowest BCUT2D eigenvalue weighted by Gasteiger charge is -2.27. The fourth-order valence-electron chi connectivity index (χ4n) is 4.36. The van der Waals surface area contributed by atoms with Gasteiger partial charge in [0.05, 0.1) is 18.7 Å². The van der Waals surface area contributed by atoms with Gasteiger partial charge in [-0.3, -0.25) is 14.5 Å². The van der Waals surface area contributed by atoms with Crippen molar-refractivity contribution in [2.45, 2.75) is 19.9 Å². The Morgan fingerprint density at radius 1 is 0.971 bits per heavy atom. The van der Waals surface area contributed by atoms with Crippen LogP contribution in [-0.4, -0.2) is 30.7 Å². The first-order chi connectivity index (χ1) is 16.4. The zero-order valence-electron chi connectivity index (χ0n) is 19.0. The zero-order chi connectivity index (χ0) is 24.0. The monoisotopic (exact) mass is 457 g/mol. The lowest BCUT2D eigenvalue weighted by atomic mass is 9.94. The molecule has 5 rings (SSSR count). The van der Waals surface area contributed by atoms with Crippen LogP contribution in [0, 0.1) is 13.8 Å². The fourth-order valence-corrected chi connectivity index (χ4v) is 4.36. The molecule has 0 aromatic heterocycles. The van der Waals surface area contributed by atoms with Crippen LogP contribution in [0.3, 0.4) is 0 Å². The van der Waals surface area contributed by atoms with Gasteiger partial charge in [0.1, 0.15) is 11.5 Å². The van der Waals surface area contributed by atoms with Crippen molar-refractivity contribution in [3.8, 4) is 17.2 Å². The average Bonchev–Trinajstić information content (AvgIpc) is 3.42. The average molecular weight is 457 g/mol. The number of aliphatic hydroxyl groups excluding tert-OH is 1. The van der Waals surface area contributed by atoms with Crippen molar-refractivity contribution >= 4 is 23.1 Å². The predicted molar refractivity (Wildman–Crippen MR) is 126 cm³/mol. The van der Waals surface area contributed by atoms with Crippen molar-refractivity contribution in [1.82, 2.24) is 0 Å². The summed E-state index contributed by atoms with van der Waals surface area (Å²) in [5.41, 5.74) is 3.45. The number of aryl methyl sites for hydroxylation is 2. The molecule has 0 radical (unpaired) electrons. The van der Waals surface area contributed by atoms with Crippen molar-refractivity contribution in [3.05, 3.63) is 88.5 Å². The second kappa shape index (κ2) is 8.26. The molecular weight excluding hydrogens is 434 g/mol. The highest BCUT2D eigenvalue weighted by Gasteiger charge is 2.47. The summed E-state index contributed by atoms with van der Waals surface area (Å²) < 4.78 is 16.0. The molecule has 7 nitrogen and oxygen atoms in total. The van der Waals surface area contributed by atoms with E-state index in [2.05, 4.69) is 0 Å². The largest absolute Gasteiger partial charge is 0.507 e. The molecule has 1 amide bonds. The number of carbonyl (C=O) groups excluding carboxylic acids is 2. The van der Waals surface area contributed by atoms with Crippen LogP contribution in [0.4, 0.5) is 5.69 Å². The molecule has 0 saturated carbocycles. The Morgan fingerprint density at radius 2 is 1.71 bits per heavy atom. The van der Waals surface area contributed by atoms with Gasteiger partial charge in [0, 0.05) is 11.3 Å². The molecule has 172 valence electrons. The van der Waals surface area contributed by atoms with Gasteiger partial charge in [-0.2, -0.15) is 0 Å². The Balaban J connectivity index is 1.72. The molecule has 1 fully saturated rings. The van der Waals surface area contributed by atoms with Crippen LogP contribution in [0.5, 0.6) is 17.2 Å². The molecule has 1 atom stereocenters. The summed E-state index contributed by atoms with van der Waals surface area (Å²) in [5.74, 6) is -0.0601. The number of Topliss-reactive ketones (excluding diaryl/α,β-unsaturated/α-hetero) is 1. The summed E-state index contributed by atoms with van der Waals surface area (Å²) in [6, 6.07) is 16.9. The minimum atomic E-state index is -0.822. The van der Waals surface area contributed by atoms with Gasteiger partial charge < -0.3 is 19.3 Å². The number of aliphatic hydroxyl groups is 1. The van der Waals surface area contributed by atoms with Crippen LogP contribution in [0.15, 0.2) is 66.2 Å². The normalized spacial score (nSPS) is 18.4. The van der Waals surface area contributed by atoms with E-state index in [1.807, 2.05) is 32.0 Å². The maximum Gasteiger partial charge on any atom is 0.300 e. The van der Waals surface area contributed by atoms with E-state index in [-0.39, 0.29) is 18.1 Å². The third-order valence-electron chi connectivity index (χ3n) is 6.15. The molecule has 2 aliphatic heterocycles. The Kier molecular flexibility index (Phi) is 5.24. The number of hydrogen-bond donors (Lipinski definition) is 1. The van der Waals surface area contributed by atoms with E-state index in [0.29, 0.717) is 34.1 Å². The lowest BCUT2D eigenvalue weighted by molar-refractivity contribution is -0.132. The van der Waals surface area contributed by atoms with Crippen molar-refractivity contribution < 1.29 is 28.9 Å². The second-order valence-corrected chi connectivity index (χ2v) is 8.30. The maximum absolute atomic E-state index is 13.4. The summed E-state index contributed by atoms with van der Waals surface area (Å²) in [6.45, 7) is 3.90. The quantitative estimate of drug-likeness (QED) is 0.348. The minimum Gasteiger partial charge on any atom is -0.507 e. The molecule has 34 heavy (non-hydrogen) atoms. The Labute approximate surface area is 196 Å². The lowest BCUT2D eigenvalue weighted by Crippen LogP contribution is -2.30. The molecule has 2 aliphatic rings. The number of fused-ring (bicyclic) bond motifs is 1. The van der Waals surface area contributed by atoms with Crippen LogP contribution in [-0.2, 0) is 9.59 Å². The smallest absolute Gasteiger partial charge is 0.300 e. The standard InChI is InChI=1S/C27H23NO6/c1-15-4-5-16(2)20(12-15)28-24(17-6-9-19(32-3)10-7-17)23(26(30)27(28)31)25(29)18-8-11-21-22(13-18)34-14-33-21/h4-13,24,29H,14H2,1-3H3/b25-23-. The molecule has 2 heterocycles. The minimum absolute atomic E-state index is 0.00920. The van der Waals surface area contributed by atoms with Crippen LogP contribution >= 0.6 is 0 Å². The van der Waals surface area contributed by atoms with E-state index in [1.165, 1.54) is 4.90 Å². The summed E-state index contributed by atoms with van der Waals surface area (Å²) in [7, 11) is 1.57. The van der Waals surface area contributed by atoms with Crippen molar-refractivity contribution in [2.75, 3.05) is 18.8 Å². The molecule has 0 spiro atoms. The van der Waals surface area contributed by atoms with Crippen LogP contribution in [0.2, 0.25) is 0 Å². The number of ketones is 1. The van der Waals surface area contributed by atoms with E-state index in [4.69, 9.17) is 14.2 Å². The molecule has 3 aromatic rings. The number of rotatable bonds is 4. The fraction of sp³-hybridized carbons (Fsp3) is 0.185. The first-order valence-electron chi connectivity index (χ1n) is 10.8. The molecule has 3 aromatic carbocycles. The van der Waals surface area contributed by atoms with Gasteiger partial charge in [-0.25, -0.2) is 0 Å². The summed E-state index contributed by atoms with van der Waals surface area (Å²) in [4.78, 5) is 28.2. The van der Waals surface area contributed by atoms with Gasteiger partial charge in [0.25, 0.3) is 11.7 Å². The molecule has 1 saturated heterocycles. The van der Waals surface area contributed by atoms with Crippen molar-refractivity contribution in [1.29, 1.82) is 0 Å². The molecule has 1 unspecified atom stereocenters. The number of carbonyl (C=O) groups is 2. The van der Waals surface area contributed by atoms with Gasteiger partial charge in [-0.1, -0.05) is 24.3 Å². The SMILES string of the molecule is COc1ccc(C2/C(=C(/O)c3ccc4c(c3)OCO4)C(=O)C(=O)N2c2cc(C)ccc2C)cc1. The number of amides is 1. The van der Waals surface area contributed by atoms with E-state index in [9.17, 15) is 14.7 Å². The zero-order valence-corrected chi connectivity index (χ0v) is 19.0.